The number of fused-ring (bicyclic) bond motifs is 1. The van der Waals surface area contributed by atoms with Crippen molar-refractivity contribution in [2.24, 2.45) is 11.8 Å². The van der Waals surface area contributed by atoms with Crippen LogP contribution in [0.15, 0.2) is 36.4 Å². The molecule has 226 valence electrons. The van der Waals surface area contributed by atoms with Crippen molar-refractivity contribution in [2.45, 2.75) is 46.1 Å². The summed E-state index contributed by atoms with van der Waals surface area (Å²) in [6.45, 7) is 11.4. The molecule has 3 heterocycles. The zero-order valence-electron chi connectivity index (χ0n) is 24.7. The van der Waals surface area contributed by atoms with E-state index in [0.29, 0.717) is 59.9 Å². The van der Waals surface area contributed by atoms with Crippen LogP contribution in [-0.4, -0.2) is 91.1 Å². The molecule has 2 atom stereocenters. The molecular formula is C32H40Cl2N4O4. The number of carbonyl (C=O) groups excluding carboxylic acids is 3. The molecule has 0 spiro atoms. The third-order valence-electron chi connectivity index (χ3n) is 8.98. The molecule has 3 aliphatic rings. The number of rotatable bonds is 7. The highest BCUT2D eigenvalue weighted by molar-refractivity contribution is 6.31. The zero-order valence-corrected chi connectivity index (χ0v) is 26.2. The van der Waals surface area contributed by atoms with E-state index in [0.717, 1.165) is 56.0 Å². The minimum absolute atomic E-state index is 0.0530. The molecule has 3 fully saturated rings. The Kier molecular flexibility index (Phi) is 9.65. The second-order valence-electron chi connectivity index (χ2n) is 12.0. The van der Waals surface area contributed by atoms with Crippen LogP contribution in [0.3, 0.4) is 0 Å². The first kappa shape index (κ1) is 30.6. The Labute approximate surface area is 258 Å². The van der Waals surface area contributed by atoms with Crippen LogP contribution in [0.25, 0.3) is 0 Å². The lowest BCUT2D eigenvalue weighted by Crippen LogP contribution is -2.43. The number of amides is 3. The standard InChI is InChI=1S/C32H40Cl2N4O4/c1-21-5-7-26(33)15-29(21)31(40)37-19-24-17-35(18-25(24)20-37)11-4-12-38(27-8-6-22(2)30(34)16-27)32(41)42-28-9-13-36(14-10-28)23(3)39/h5-8,15-16,24-25,28H,4,9-14,17-20H2,1-3H3. The number of nitrogens with zero attached hydrogens (tertiary/aromatic N) is 4. The highest BCUT2D eigenvalue weighted by Crippen LogP contribution is 2.33. The van der Waals surface area contributed by atoms with Gasteiger partial charge >= 0.3 is 6.09 Å². The minimum Gasteiger partial charge on any atom is -0.446 e. The molecule has 0 aliphatic carbocycles. The summed E-state index contributed by atoms with van der Waals surface area (Å²) >= 11 is 12.6. The summed E-state index contributed by atoms with van der Waals surface area (Å²) in [5, 5.41) is 1.19. The topological polar surface area (TPSA) is 73.4 Å². The lowest BCUT2D eigenvalue weighted by Gasteiger charge is -2.32. The molecule has 0 N–H and O–H groups in total. The summed E-state index contributed by atoms with van der Waals surface area (Å²) in [6, 6.07) is 11.1. The smallest absolute Gasteiger partial charge is 0.414 e. The van der Waals surface area contributed by atoms with Gasteiger partial charge < -0.3 is 19.4 Å². The average Bonchev–Trinajstić information content (AvgIpc) is 3.53. The highest BCUT2D eigenvalue weighted by Gasteiger charge is 2.41. The third-order valence-corrected chi connectivity index (χ3v) is 9.62. The van der Waals surface area contributed by atoms with Crippen molar-refractivity contribution in [3.05, 3.63) is 63.1 Å². The molecule has 3 amide bonds. The first-order chi connectivity index (χ1) is 20.1. The van der Waals surface area contributed by atoms with Crippen molar-refractivity contribution in [1.82, 2.24) is 14.7 Å². The molecule has 0 saturated carbocycles. The van der Waals surface area contributed by atoms with Crippen molar-refractivity contribution < 1.29 is 19.1 Å². The van der Waals surface area contributed by atoms with Gasteiger partial charge in [0, 0.05) is 86.9 Å². The molecule has 3 aliphatic heterocycles. The zero-order chi connectivity index (χ0) is 30.0. The Morgan fingerprint density at radius 3 is 2.21 bits per heavy atom. The van der Waals surface area contributed by atoms with E-state index in [4.69, 9.17) is 27.9 Å². The van der Waals surface area contributed by atoms with Crippen LogP contribution in [0.2, 0.25) is 10.0 Å². The van der Waals surface area contributed by atoms with Crippen LogP contribution >= 0.6 is 23.2 Å². The van der Waals surface area contributed by atoms with Gasteiger partial charge in [-0.3, -0.25) is 14.5 Å². The quantitative estimate of drug-likeness (QED) is 0.402. The van der Waals surface area contributed by atoms with E-state index in [2.05, 4.69) is 4.90 Å². The molecule has 3 saturated heterocycles. The van der Waals surface area contributed by atoms with Gasteiger partial charge in [-0.25, -0.2) is 4.79 Å². The molecule has 8 nitrogen and oxygen atoms in total. The van der Waals surface area contributed by atoms with E-state index in [9.17, 15) is 14.4 Å². The second-order valence-corrected chi connectivity index (χ2v) is 12.8. The number of likely N-dealkylation sites (tertiary alicyclic amines) is 3. The molecule has 0 aromatic heterocycles. The van der Waals surface area contributed by atoms with Gasteiger partial charge in [0.15, 0.2) is 0 Å². The lowest BCUT2D eigenvalue weighted by molar-refractivity contribution is -0.130. The van der Waals surface area contributed by atoms with Gasteiger partial charge in [-0.15, -0.1) is 0 Å². The van der Waals surface area contributed by atoms with Gasteiger partial charge in [-0.1, -0.05) is 35.3 Å². The summed E-state index contributed by atoms with van der Waals surface area (Å²) < 4.78 is 5.92. The molecule has 5 rings (SSSR count). The van der Waals surface area contributed by atoms with Crippen LogP contribution in [0.5, 0.6) is 0 Å². The van der Waals surface area contributed by atoms with E-state index in [1.807, 2.05) is 49.1 Å². The molecule has 10 heteroatoms. The largest absolute Gasteiger partial charge is 0.446 e. The van der Waals surface area contributed by atoms with Gasteiger partial charge in [-0.05, 0) is 74.0 Å². The van der Waals surface area contributed by atoms with E-state index in [1.54, 1.807) is 22.8 Å². The van der Waals surface area contributed by atoms with Crippen molar-refractivity contribution in [2.75, 3.05) is 57.3 Å². The molecular weight excluding hydrogens is 575 g/mol. The number of benzene rings is 2. The van der Waals surface area contributed by atoms with E-state index < -0.39 is 0 Å². The van der Waals surface area contributed by atoms with Gasteiger partial charge in [-0.2, -0.15) is 0 Å². The number of hydrogen-bond donors (Lipinski definition) is 0. The summed E-state index contributed by atoms with van der Waals surface area (Å²) in [7, 11) is 0. The SMILES string of the molecule is CC(=O)N1CCC(OC(=O)N(CCCN2CC3CN(C(=O)c4cc(Cl)ccc4C)CC3C2)c2ccc(C)c(Cl)c2)CC1. The number of aryl methyl sites for hydroxylation is 2. The van der Waals surface area contributed by atoms with E-state index >= 15 is 0 Å². The summed E-state index contributed by atoms with van der Waals surface area (Å²) in [6.07, 6.45) is 1.48. The van der Waals surface area contributed by atoms with Crippen molar-refractivity contribution >= 4 is 46.8 Å². The fourth-order valence-electron chi connectivity index (χ4n) is 6.46. The Bertz CT molecular complexity index is 1320. The van der Waals surface area contributed by atoms with Crippen LogP contribution in [-0.2, 0) is 9.53 Å². The van der Waals surface area contributed by atoms with Crippen LogP contribution in [0.4, 0.5) is 10.5 Å². The van der Waals surface area contributed by atoms with Crippen molar-refractivity contribution in [3.8, 4) is 0 Å². The minimum atomic E-state index is -0.375. The Balaban J connectivity index is 1.15. The van der Waals surface area contributed by atoms with Gasteiger partial charge in [0.2, 0.25) is 5.91 Å². The summed E-state index contributed by atoms with van der Waals surface area (Å²) in [5.74, 6) is 1.02. The molecule has 42 heavy (non-hydrogen) atoms. The molecule has 0 bridgehead atoms. The van der Waals surface area contributed by atoms with Gasteiger partial charge in [0.25, 0.3) is 5.91 Å². The Morgan fingerprint density at radius 1 is 0.905 bits per heavy atom. The molecule has 2 unspecified atom stereocenters. The van der Waals surface area contributed by atoms with Gasteiger partial charge in [0.1, 0.15) is 6.10 Å². The third kappa shape index (κ3) is 7.04. The number of ether oxygens (including phenoxy) is 1. The molecule has 2 aromatic rings. The maximum atomic E-state index is 13.4. The van der Waals surface area contributed by atoms with Gasteiger partial charge in [0.05, 0.1) is 0 Å². The maximum absolute atomic E-state index is 13.4. The first-order valence-electron chi connectivity index (χ1n) is 14.9. The fraction of sp³-hybridized carbons (Fsp3) is 0.531. The maximum Gasteiger partial charge on any atom is 0.414 e. The van der Waals surface area contributed by atoms with Crippen LogP contribution in [0.1, 0.15) is 47.7 Å². The number of piperidine rings is 1. The predicted molar refractivity (Wildman–Crippen MR) is 165 cm³/mol. The van der Waals surface area contributed by atoms with E-state index in [1.165, 1.54) is 0 Å². The normalized spacial score (nSPS) is 21.0. The first-order valence-corrected chi connectivity index (χ1v) is 15.6. The number of carbonyl (C=O) groups is 3. The van der Waals surface area contributed by atoms with Crippen LogP contribution < -0.4 is 4.90 Å². The average molecular weight is 616 g/mol. The number of anilines is 1. The summed E-state index contributed by atoms with van der Waals surface area (Å²) in [4.78, 5) is 46.2. The van der Waals surface area contributed by atoms with E-state index in [-0.39, 0.29) is 24.0 Å². The Morgan fingerprint density at radius 2 is 1.57 bits per heavy atom. The summed E-state index contributed by atoms with van der Waals surface area (Å²) in [5.41, 5.74) is 3.31. The second kappa shape index (κ2) is 13.2. The predicted octanol–water partition coefficient (Wildman–Crippen LogP) is 5.66. The monoisotopic (exact) mass is 614 g/mol. The van der Waals surface area contributed by atoms with Crippen LogP contribution in [0, 0.1) is 25.7 Å². The molecule has 0 radical (unpaired) electrons. The number of halogens is 2. The van der Waals surface area contributed by atoms with Crippen molar-refractivity contribution in [3.63, 3.8) is 0 Å². The Hall–Kier alpha value is -2.81. The van der Waals surface area contributed by atoms with Crippen molar-refractivity contribution in [1.29, 1.82) is 0 Å². The fourth-order valence-corrected chi connectivity index (χ4v) is 6.80. The highest BCUT2D eigenvalue weighted by atomic mass is 35.5. The number of hydrogen-bond acceptors (Lipinski definition) is 5. The molecule has 2 aromatic carbocycles. The lowest BCUT2D eigenvalue weighted by atomic mass is 10.0.